The topological polar surface area (TPSA) is 45.7 Å². The van der Waals surface area contributed by atoms with Crippen LogP contribution in [0.2, 0.25) is 0 Å². The second kappa shape index (κ2) is 9.13. The van der Waals surface area contributed by atoms with E-state index in [0.717, 1.165) is 31.2 Å². The van der Waals surface area contributed by atoms with Crippen LogP contribution in [0.15, 0.2) is 18.3 Å². The highest BCUT2D eigenvalue weighted by Crippen LogP contribution is 2.42. The van der Waals surface area contributed by atoms with Gasteiger partial charge in [0.15, 0.2) is 11.6 Å². The molecule has 2 aliphatic heterocycles. The van der Waals surface area contributed by atoms with Crippen molar-refractivity contribution in [2.75, 3.05) is 26.7 Å². The molecule has 0 N–H and O–H groups in total. The summed E-state index contributed by atoms with van der Waals surface area (Å²) in [5, 5.41) is 0. The number of piperazine rings is 1. The van der Waals surface area contributed by atoms with Crippen LogP contribution < -0.4 is 4.74 Å². The molecule has 0 bridgehead atoms. The first kappa shape index (κ1) is 24.4. The number of hydrogen-bond acceptors (Lipinski definition) is 4. The molecule has 34 heavy (non-hydrogen) atoms. The first-order valence-electron chi connectivity index (χ1n) is 11.1. The minimum Gasteiger partial charge on any atom is -0.493 e. The molecule has 0 aliphatic carbocycles. The lowest BCUT2D eigenvalue weighted by Gasteiger charge is -2.48. The molecule has 3 heterocycles. The lowest BCUT2D eigenvalue weighted by molar-refractivity contribution is -0.141. The molecule has 1 aromatic carbocycles. The minimum absolute atomic E-state index is 0.0665. The molecule has 184 valence electrons. The second-order valence-corrected chi connectivity index (χ2v) is 8.84. The zero-order valence-corrected chi connectivity index (χ0v) is 19.2. The zero-order chi connectivity index (χ0) is 24.8. The number of ether oxygens (including phenoxy) is 1. The van der Waals surface area contributed by atoms with Gasteiger partial charge in [0, 0.05) is 43.5 Å². The Morgan fingerprint density at radius 1 is 1.09 bits per heavy atom. The summed E-state index contributed by atoms with van der Waals surface area (Å²) in [4.78, 5) is 20.0. The number of methoxy groups -OCH3 is 1. The van der Waals surface area contributed by atoms with E-state index < -0.39 is 29.4 Å². The van der Waals surface area contributed by atoms with Crippen LogP contribution in [0.3, 0.4) is 0 Å². The van der Waals surface area contributed by atoms with Crippen molar-refractivity contribution in [2.24, 2.45) is 0 Å². The summed E-state index contributed by atoms with van der Waals surface area (Å²) in [5.74, 6) is -2.38. The van der Waals surface area contributed by atoms with Gasteiger partial charge in [0.1, 0.15) is 5.69 Å². The van der Waals surface area contributed by atoms with Crippen molar-refractivity contribution >= 4 is 5.91 Å². The second-order valence-electron chi connectivity index (χ2n) is 8.84. The van der Waals surface area contributed by atoms with Crippen LogP contribution in [0.4, 0.5) is 22.0 Å². The quantitative estimate of drug-likeness (QED) is 0.573. The maximum atomic E-state index is 15.1. The van der Waals surface area contributed by atoms with Gasteiger partial charge in [-0.3, -0.25) is 14.7 Å². The number of halogens is 5. The molecule has 10 heteroatoms. The molecule has 2 aromatic rings. The first-order valence-corrected chi connectivity index (χ1v) is 11.1. The largest absolute Gasteiger partial charge is 0.493 e. The average Bonchev–Trinajstić information content (AvgIpc) is 2.82. The fraction of sp³-hybridized carbons (Fsp3) is 0.500. The highest BCUT2D eigenvalue weighted by Gasteiger charge is 2.40. The fourth-order valence-corrected chi connectivity index (χ4v) is 5.17. The van der Waals surface area contributed by atoms with Crippen molar-refractivity contribution in [3.63, 3.8) is 0 Å². The van der Waals surface area contributed by atoms with Gasteiger partial charge < -0.3 is 9.64 Å². The Morgan fingerprint density at radius 3 is 2.44 bits per heavy atom. The van der Waals surface area contributed by atoms with Gasteiger partial charge in [0.05, 0.1) is 12.7 Å². The number of benzene rings is 1. The normalized spacial score (nSPS) is 21.4. The summed E-state index contributed by atoms with van der Waals surface area (Å²) in [7, 11) is 1.31. The van der Waals surface area contributed by atoms with Gasteiger partial charge >= 0.3 is 6.18 Å². The van der Waals surface area contributed by atoms with E-state index in [1.807, 2.05) is 0 Å². The van der Waals surface area contributed by atoms with Gasteiger partial charge in [-0.2, -0.15) is 17.6 Å². The summed E-state index contributed by atoms with van der Waals surface area (Å²) in [6.07, 6.45) is -1.40. The molecule has 0 radical (unpaired) electrons. The zero-order valence-electron chi connectivity index (χ0n) is 19.2. The van der Waals surface area contributed by atoms with E-state index in [4.69, 9.17) is 4.74 Å². The molecule has 0 saturated carbocycles. The summed E-state index contributed by atoms with van der Waals surface area (Å²) in [6.45, 7) is 4.59. The summed E-state index contributed by atoms with van der Waals surface area (Å²) in [5.41, 5.74) is 0.567. The number of carbonyl (C=O) groups excluding carboxylic acids is 1. The predicted molar refractivity (Wildman–Crippen MR) is 115 cm³/mol. The molecule has 1 aromatic heterocycles. The predicted octanol–water partition coefficient (Wildman–Crippen LogP) is 5.06. The van der Waals surface area contributed by atoms with Crippen LogP contribution in [0.1, 0.15) is 58.0 Å². The van der Waals surface area contributed by atoms with Crippen LogP contribution in [0.5, 0.6) is 5.75 Å². The highest BCUT2D eigenvalue weighted by atomic mass is 19.4. The third-order valence-corrected chi connectivity index (χ3v) is 7.00. The van der Waals surface area contributed by atoms with Crippen molar-refractivity contribution in [2.45, 2.75) is 51.4 Å². The van der Waals surface area contributed by atoms with E-state index in [0.29, 0.717) is 42.7 Å². The van der Waals surface area contributed by atoms with Gasteiger partial charge in [-0.1, -0.05) is 0 Å². The number of rotatable bonds is 3. The van der Waals surface area contributed by atoms with Crippen LogP contribution in [-0.2, 0) is 6.18 Å². The van der Waals surface area contributed by atoms with Crippen molar-refractivity contribution in [1.29, 1.82) is 0 Å². The Labute approximate surface area is 194 Å². The number of nitrogens with zero attached hydrogens (tertiary/aromatic N) is 3. The minimum atomic E-state index is -4.57. The van der Waals surface area contributed by atoms with Crippen LogP contribution in [0.25, 0.3) is 0 Å². The van der Waals surface area contributed by atoms with Crippen molar-refractivity contribution in [3.8, 4) is 5.75 Å². The van der Waals surface area contributed by atoms with E-state index in [9.17, 15) is 22.4 Å². The number of alkyl halides is 3. The SMILES string of the molecule is COc1c(C)c(C)c([C@H]2CCC[C@H]3CN(C(=O)c4ccc(C(F)(F)F)nc4)CCN32)c(F)c1F. The van der Waals surface area contributed by atoms with E-state index in [1.54, 1.807) is 18.7 Å². The number of piperidine rings is 1. The Hall–Kier alpha value is -2.75. The molecule has 1 amide bonds. The lowest BCUT2D eigenvalue weighted by Crippen LogP contribution is -2.57. The third-order valence-electron chi connectivity index (χ3n) is 7.00. The Kier molecular flexibility index (Phi) is 6.54. The fourth-order valence-electron chi connectivity index (χ4n) is 5.17. The van der Waals surface area contributed by atoms with Gasteiger partial charge in [-0.05, 0) is 56.4 Å². The summed E-state index contributed by atoms with van der Waals surface area (Å²) < 4.78 is 73.2. The molecular formula is C24H26F5N3O2. The molecule has 0 spiro atoms. The number of aromatic nitrogens is 1. The third kappa shape index (κ3) is 4.23. The Balaban J connectivity index is 1.55. The highest BCUT2D eigenvalue weighted by molar-refractivity contribution is 5.94. The Bertz CT molecular complexity index is 1060. The van der Waals surface area contributed by atoms with Crippen LogP contribution in [-0.4, -0.2) is 53.5 Å². The number of pyridine rings is 1. The maximum absolute atomic E-state index is 15.1. The smallest absolute Gasteiger partial charge is 0.433 e. The summed E-state index contributed by atoms with van der Waals surface area (Å²) >= 11 is 0. The van der Waals surface area contributed by atoms with Gasteiger partial charge in [-0.25, -0.2) is 4.39 Å². The Morgan fingerprint density at radius 2 is 1.82 bits per heavy atom. The lowest BCUT2D eigenvalue weighted by atomic mass is 9.85. The molecule has 2 aliphatic rings. The van der Waals surface area contributed by atoms with Gasteiger partial charge in [-0.15, -0.1) is 0 Å². The van der Waals surface area contributed by atoms with Crippen LogP contribution >= 0.6 is 0 Å². The van der Waals surface area contributed by atoms with Gasteiger partial charge in [0.25, 0.3) is 5.91 Å². The molecule has 2 atom stereocenters. The molecule has 2 fully saturated rings. The molecular weight excluding hydrogens is 457 g/mol. The van der Waals surface area contributed by atoms with Gasteiger partial charge in [0.2, 0.25) is 5.82 Å². The molecule has 4 rings (SSSR count). The van der Waals surface area contributed by atoms with Crippen molar-refractivity contribution in [1.82, 2.24) is 14.8 Å². The molecule has 0 unspecified atom stereocenters. The van der Waals surface area contributed by atoms with E-state index in [1.165, 1.54) is 7.11 Å². The van der Waals surface area contributed by atoms with Crippen molar-refractivity contribution in [3.05, 3.63) is 57.9 Å². The maximum Gasteiger partial charge on any atom is 0.433 e. The van der Waals surface area contributed by atoms with E-state index in [-0.39, 0.29) is 23.4 Å². The average molecular weight is 483 g/mol. The van der Waals surface area contributed by atoms with E-state index >= 15 is 4.39 Å². The van der Waals surface area contributed by atoms with Crippen LogP contribution in [0, 0.1) is 25.5 Å². The summed E-state index contributed by atoms with van der Waals surface area (Å²) in [6, 6.07) is 1.54. The first-order chi connectivity index (χ1) is 16.0. The number of hydrogen-bond donors (Lipinski definition) is 0. The standard InChI is InChI=1S/C24H26F5N3O2/c1-13-14(2)22(34-3)21(26)20(25)19(13)17-6-4-5-16-12-31(9-10-32(16)17)23(33)15-7-8-18(30-11-15)24(27,28)29/h7-8,11,16-17H,4-6,9-10,12H2,1-3H3/t16-,17+/m0/s1. The number of fused-ring (bicyclic) bond motifs is 1. The van der Waals surface area contributed by atoms with Crippen molar-refractivity contribution < 1.29 is 31.5 Å². The van der Waals surface area contributed by atoms with E-state index in [2.05, 4.69) is 9.88 Å². The number of amides is 1. The monoisotopic (exact) mass is 483 g/mol. The molecule has 5 nitrogen and oxygen atoms in total. The number of carbonyl (C=O) groups is 1. The molecule has 2 saturated heterocycles.